The number of H-pyrrole nitrogens is 1. The van der Waals surface area contributed by atoms with Gasteiger partial charge in [0.25, 0.3) is 5.91 Å². The average molecular weight is 409 g/mol. The third-order valence-electron chi connectivity index (χ3n) is 6.22. The Labute approximate surface area is 175 Å². The zero-order valence-electron chi connectivity index (χ0n) is 17.1. The Morgan fingerprint density at radius 2 is 1.93 bits per heavy atom. The molecular formula is C22H27N5O3. The fourth-order valence-corrected chi connectivity index (χ4v) is 4.41. The summed E-state index contributed by atoms with van der Waals surface area (Å²) in [6, 6.07) is 11.6. The number of aryl methyl sites for hydroxylation is 1. The first-order valence-corrected chi connectivity index (χ1v) is 10.5. The second-order valence-electron chi connectivity index (χ2n) is 8.27. The lowest BCUT2D eigenvalue weighted by Gasteiger charge is -2.35. The minimum Gasteiger partial charge on any atom is -0.346 e. The number of aromatic nitrogens is 2. The van der Waals surface area contributed by atoms with Crippen molar-refractivity contribution in [3.05, 3.63) is 42.1 Å². The predicted octanol–water partition coefficient (Wildman–Crippen LogP) is 2.24. The van der Waals surface area contributed by atoms with Crippen LogP contribution in [0.4, 0.5) is 4.79 Å². The molecular weight excluding hydrogens is 382 g/mol. The molecule has 8 nitrogen and oxygen atoms in total. The smallest absolute Gasteiger partial charge is 0.322 e. The van der Waals surface area contributed by atoms with Crippen LogP contribution < -0.4 is 10.6 Å². The van der Waals surface area contributed by atoms with Gasteiger partial charge in [0.05, 0.1) is 5.69 Å². The lowest BCUT2D eigenvalue weighted by atomic mass is 9.76. The van der Waals surface area contributed by atoms with Crippen molar-refractivity contribution < 1.29 is 14.4 Å². The van der Waals surface area contributed by atoms with E-state index in [9.17, 15) is 14.4 Å². The van der Waals surface area contributed by atoms with Crippen molar-refractivity contribution in [1.82, 2.24) is 25.7 Å². The highest BCUT2D eigenvalue weighted by Gasteiger charge is 2.49. The van der Waals surface area contributed by atoms with Gasteiger partial charge in [-0.25, -0.2) is 4.79 Å². The fourth-order valence-electron chi connectivity index (χ4n) is 4.41. The number of rotatable bonds is 6. The van der Waals surface area contributed by atoms with E-state index < -0.39 is 11.6 Å². The molecule has 1 aromatic carbocycles. The van der Waals surface area contributed by atoms with Crippen LogP contribution in [0.2, 0.25) is 0 Å². The van der Waals surface area contributed by atoms with Crippen LogP contribution >= 0.6 is 0 Å². The summed E-state index contributed by atoms with van der Waals surface area (Å²) in [5.41, 5.74) is 2.24. The quantitative estimate of drug-likeness (QED) is 0.636. The predicted molar refractivity (Wildman–Crippen MR) is 111 cm³/mol. The molecule has 3 N–H and O–H groups in total. The highest BCUT2D eigenvalue weighted by atomic mass is 16.2. The van der Waals surface area contributed by atoms with Crippen LogP contribution in [0.5, 0.6) is 0 Å². The molecule has 0 bridgehead atoms. The Bertz CT molecular complexity index is 931. The van der Waals surface area contributed by atoms with Gasteiger partial charge in [-0.1, -0.05) is 30.3 Å². The van der Waals surface area contributed by atoms with Gasteiger partial charge in [-0.05, 0) is 44.6 Å². The standard InChI is InChI=1S/C22H27N5O3/c1-27(13-5-8-17-14-18(26-25-17)15-6-3-2-4-7-15)19(28)16-9-11-22(12-10-16)20(29)23-21(30)24-22/h2-4,6-7,14,16H,5,8-13H2,1H3,(H,25,26)(H2,23,24,29,30). The van der Waals surface area contributed by atoms with Crippen LogP contribution in [0.1, 0.15) is 37.8 Å². The molecule has 2 aromatic rings. The average Bonchev–Trinajstić information content (AvgIpc) is 3.33. The van der Waals surface area contributed by atoms with Crippen molar-refractivity contribution in [3.8, 4) is 11.3 Å². The summed E-state index contributed by atoms with van der Waals surface area (Å²) in [6.45, 7) is 0.664. The summed E-state index contributed by atoms with van der Waals surface area (Å²) < 4.78 is 0. The maximum Gasteiger partial charge on any atom is 0.322 e. The molecule has 1 aromatic heterocycles. The van der Waals surface area contributed by atoms with E-state index in [4.69, 9.17) is 0 Å². The molecule has 1 aliphatic carbocycles. The van der Waals surface area contributed by atoms with Gasteiger partial charge < -0.3 is 10.2 Å². The van der Waals surface area contributed by atoms with Crippen LogP contribution in [0.15, 0.2) is 36.4 Å². The Morgan fingerprint density at radius 1 is 1.20 bits per heavy atom. The SMILES string of the molecule is CN(CCCc1cc(-c2ccccc2)n[nH]1)C(=O)C1CCC2(CC1)NC(=O)NC2=O. The summed E-state index contributed by atoms with van der Waals surface area (Å²) in [5.74, 6) is -0.242. The number of benzene rings is 1. The molecule has 0 unspecified atom stereocenters. The summed E-state index contributed by atoms with van der Waals surface area (Å²) in [4.78, 5) is 38.1. The molecule has 158 valence electrons. The molecule has 8 heteroatoms. The van der Waals surface area contributed by atoms with Gasteiger partial charge in [0.1, 0.15) is 5.54 Å². The summed E-state index contributed by atoms with van der Waals surface area (Å²) in [7, 11) is 1.83. The van der Waals surface area contributed by atoms with E-state index in [1.807, 2.05) is 37.4 Å². The number of carbonyl (C=O) groups is 3. The number of nitrogens with zero attached hydrogens (tertiary/aromatic N) is 2. The van der Waals surface area contributed by atoms with Crippen molar-refractivity contribution in [2.24, 2.45) is 5.92 Å². The van der Waals surface area contributed by atoms with Crippen molar-refractivity contribution >= 4 is 17.8 Å². The van der Waals surface area contributed by atoms with Crippen LogP contribution in [0.25, 0.3) is 11.3 Å². The second kappa shape index (κ2) is 8.30. The molecule has 1 aliphatic heterocycles. The maximum absolute atomic E-state index is 12.8. The lowest BCUT2D eigenvalue weighted by Crippen LogP contribution is -2.51. The lowest BCUT2D eigenvalue weighted by molar-refractivity contribution is -0.137. The van der Waals surface area contributed by atoms with Gasteiger partial charge in [0, 0.05) is 30.8 Å². The molecule has 2 aliphatic rings. The molecule has 4 amide bonds. The number of urea groups is 1. The normalized spacial score (nSPS) is 23.3. The molecule has 0 atom stereocenters. The molecule has 4 rings (SSSR count). The topological polar surface area (TPSA) is 107 Å². The summed E-state index contributed by atoms with van der Waals surface area (Å²) in [6.07, 6.45) is 3.89. The summed E-state index contributed by atoms with van der Waals surface area (Å²) in [5, 5.41) is 12.5. The van der Waals surface area contributed by atoms with Gasteiger partial charge in [-0.15, -0.1) is 0 Å². The van der Waals surface area contributed by atoms with E-state index in [0.717, 1.165) is 29.8 Å². The first-order chi connectivity index (χ1) is 14.5. The minimum absolute atomic E-state index is 0.0947. The van der Waals surface area contributed by atoms with E-state index in [2.05, 4.69) is 26.9 Å². The molecule has 1 saturated heterocycles. The Kier molecular flexibility index (Phi) is 5.57. The third-order valence-corrected chi connectivity index (χ3v) is 6.22. The summed E-state index contributed by atoms with van der Waals surface area (Å²) >= 11 is 0. The van der Waals surface area contributed by atoms with Crippen molar-refractivity contribution in [3.63, 3.8) is 0 Å². The molecule has 30 heavy (non-hydrogen) atoms. The van der Waals surface area contributed by atoms with Crippen molar-refractivity contribution in [2.45, 2.75) is 44.1 Å². The zero-order chi connectivity index (χ0) is 21.1. The Morgan fingerprint density at radius 3 is 2.60 bits per heavy atom. The van der Waals surface area contributed by atoms with Gasteiger partial charge in [0.15, 0.2) is 0 Å². The zero-order valence-corrected chi connectivity index (χ0v) is 17.1. The van der Waals surface area contributed by atoms with Crippen molar-refractivity contribution in [1.29, 1.82) is 0 Å². The fraction of sp³-hybridized carbons (Fsp3) is 0.455. The molecule has 1 saturated carbocycles. The van der Waals surface area contributed by atoms with Crippen molar-refractivity contribution in [2.75, 3.05) is 13.6 Å². The van der Waals surface area contributed by atoms with E-state index >= 15 is 0 Å². The van der Waals surface area contributed by atoms with Gasteiger partial charge in [-0.3, -0.25) is 20.0 Å². The largest absolute Gasteiger partial charge is 0.346 e. The third kappa shape index (κ3) is 4.08. The number of aromatic amines is 1. The molecule has 0 radical (unpaired) electrons. The highest BCUT2D eigenvalue weighted by Crippen LogP contribution is 2.35. The first-order valence-electron chi connectivity index (χ1n) is 10.5. The number of hydrogen-bond acceptors (Lipinski definition) is 4. The van der Waals surface area contributed by atoms with E-state index in [1.54, 1.807) is 4.90 Å². The Hall–Kier alpha value is -3.16. The number of imide groups is 1. The van der Waals surface area contributed by atoms with Gasteiger partial charge >= 0.3 is 6.03 Å². The molecule has 1 spiro atoms. The monoisotopic (exact) mass is 409 g/mol. The number of hydrogen-bond donors (Lipinski definition) is 3. The first kappa shape index (κ1) is 20.1. The van der Waals surface area contributed by atoms with E-state index in [1.165, 1.54) is 0 Å². The highest BCUT2D eigenvalue weighted by molar-refractivity contribution is 6.07. The van der Waals surface area contributed by atoms with Crippen LogP contribution in [-0.2, 0) is 16.0 Å². The Balaban J connectivity index is 1.23. The van der Waals surface area contributed by atoms with E-state index in [-0.39, 0.29) is 17.7 Å². The van der Waals surface area contributed by atoms with Gasteiger partial charge in [-0.2, -0.15) is 5.10 Å². The van der Waals surface area contributed by atoms with Crippen LogP contribution in [0.3, 0.4) is 0 Å². The number of amides is 4. The minimum atomic E-state index is -0.816. The van der Waals surface area contributed by atoms with Crippen LogP contribution in [0, 0.1) is 5.92 Å². The van der Waals surface area contributed by atoms with Crippen LogP contribution in [-0.4, -0.2) is 52.1 Å². The maximum atomic E-state index is 12.8. The van der Waals surface area contributed by atoms with E-state index in [0.29, 0.717) is 32.2 Å². The van der Waals surface area contributed by atoms with Gasteiger partial charge in [0.2, 0.25) is 5.91 Å². The number of carbonyl (C=O) groups excluding carboxylic acids is 3. The number of nitrogens with one attached hydrogen (secondary N) is 3. The molecule has 2 fully saturated rings. The second-order valence-corrected chi connectivity index (χ2v) is 8.27. The molecule has 2 heterocycles.